The van der Waals surface area contributed by atoms with Crippen LogP contribution in [-0.4, -0.2) is 18.7 Å². The van der Waals surface area contributed by atoms with Gasteiger partial charge in [-0.15, -0.1) is 0 Å². The summed E-state index contributed by atoms with van der Waals surface area (Å²) < 4.78 is 5.11. The lowest BCUT2D eigenvalue weighted by molar-refractivity contribution is 0.233. The maximum absolute atomic E-state index is 5.11. The SMILES string of the molecule is CCCCCc1ccc(-c2ccc(C3CCC(C=CCOC)CC3)cc2)nc1. The number of rotatable bonds is 9. The molecule has 150 valence electrons. The van der Waals surface area contributed by atoms with Crippen molar-refractivity contribution in [1.82, 2.24) is 4.98 Å². The van der Waals surface area contributed by atoms with Crippen molar-refractivity contribution >= 4 is 0 Å². The van der Waals surface area contributed by atoms with E-state index in [9.17, 15) is 0 Å². The van der Waals surface area contributed by atoms with E-state index in [-0.39, 0.29) is 0 Å². The first kappa shape index (κ1) is 20.8. The first-order valence-electron chi connectivity index (χ1n) is 11.0. The minimum Gasteiger partial charge on any atom is -0.381 e. The molecule has 1 heterocycles. The highest BCUT2D eigenvalue weighted by atomic mass is 16.5. The van der Waals surface area contributed by atoms with Crippen molar-refractivity contribution in [2.75, 3.05) is 13.7 Å². The highest BCUT2D eigenvalue weighted by Gasteiger charge is 2.20. The van der Waals surface area contributed by atoms with Gasteiger partial charge in [-0.1, -0.05) is 62.2 Å². The van der Waals surface area contributed by atoms with E-state index in [2.05, 4.69) is 61.7 Å². The second-order valence-electron chi connectivity index (χ2n) is 8.13. The fourth-order valence-electron chi connectivity index (χ4n) is 4.24. The van der Waals surface area contributed by atoms with Crippen LogP contribution >= 0.6 is 0 Å². The van der Waals surface area contributed by atoms with Gasteiger partial charge in [0.2, 0.25) is 0 Å². The molecule has 28 heavy (non-hydrogen) atoms. The molecule has 0 spiro atoms. The van der Waals surface area contributed by atoms with Gasteiger partial charge in [-0.3, -0.25) is 4.98 Å². The maximum Gasteiger partial charge on any atom is 0.0702 e. The zero-order chi connectivity index (χ0) is 19.6. The molecule has 2 aromatic rings. The number of unbranched alkanes of at least 4 members (excludes halogenated alkanes) is 2. The Labute approximate surface area is 171 Å². The molecule has 1 saturated carbocycles. The predicted octanol–water partition coefficient (Wildman–Crippen LogP) is 6.96. The first-order chi connectivity index (χ1) is 13.8. The van der Waals surface area contributed by atoms with Crippen molar-refractivity contribution in [2.24, 2.45) is 5.92 Å². The summed E-state index contributed by atoms with van der Waals surface area (Å²) in [5, 5.41) is 0. The number of benzene rings is 1. The molecule has 0 amide bonds. The van der Waals surface area contributed by atoms with Crippen LogP contribution in [0, 0.1) is 5.92 Å². The van der Waals surface area contributed by atoms with Crippen LogP contribution in [0.3, 0.4) is 0 Å². The highest BCUT2D eigenvalue weighted by Crippen LogP contribution is 2.36. The third-order valence-electron chi connectivity index (χ3n) is 6.01. The quantitative estimate of drug-likeness (QED) is 0.348. The molecule has 0 aliphatic heterocycles. The van der Waals surface area contributed by atoms with Crippen molar-refractivity contribution < 1.29 is 4.74 Å². The molecular formula is C26H35NO. The summed E-state index contributed by atoms with van der Waals surface area (Å²) in [6, 6.07) is 13.5. The second-order valence-corrected chi connectivity index (χ2v) is 8.13. The maximum atomic E-state index is 5.11. The van der Waals surface area contributed by atoms with E-state index in [0.717, 1.165) is 24.6 Å². The van der Waals surface area contributed by atoms with Crippen LogP contribution < -0.4 is 0 Å². The topological polar surface area (TPSA) is 22.1 Å². The Kier molecular flexibility index (Phi) is 8.29. The van der Waals surface area contributed by atoms with Gasteiger partial charge in [0.1, 0.15) is 0 Å². The van der Waals surface area contributed by atoms with Gasteiger partial charge in [0, 0.05) is 18.9 Å². The molecule has 2 nitrogen and oxygen atoms in total. The standard InChI is InChI=1S/C26H35NO/c1-3-4-5-7-22-11-18-26(27-20-22)25-16-14-24(15-17-25)23-12-9-21(10-13-23)8-6-19-28-2/h6,8,11,14-18,20-21,23H,3-5,7,9-10,12-13,19H2,1-2H3. The Morgan fingerprint density at radius 2 is 1.79 bits per heavy atom. The molecule has 1 aliphatic rings. The Bertz CT molecular complexity index is 709. The summed E-state index contributed by atoms with van der Waals surface area (Å²) >= 11 is 0. The first-order valence-corrected chi connectivity index (χ1v) is 11.0. The number of pyridine rings is 1. The largest absolute Gasteiger partial charge is 0.381 e. The van der Waals surface area contributed by atoms with Crippen LogP contribution in [0.25, 0.3) is 11.3 Å². The van der Waals surface area contributed by atoms with Gasteiger partial charge in [0.15, 0.2) is 0 Å². The summed E-state index contributed by atoms with van der Waals surface area (Å²) in [5.41, 5.74) is 5.14. The van der Waals surface area contributed by atoms with E-state index < -0.39 is 0 Å². The fourth-order valence-corrected chi connectivity index (χ4v) is 4.24. The zero-order valence-electron chi connectivity index (χ0n) is 17.6. The number of ether oxygens (including phenoxy) is 1. The number of aryl methyl sites for hydroxylation is 1. The minimum atomic E-state index is 0.704. The third kappa shape index (κ3) is 6.04. The molecule has 0 bridgehead atoms. The van der Waals surface area contributed by atoms with E-state index in [4.69, 9.17) is 9.72 Å². The van der Waals surface area contributed by atoms with Crippen LogP contribution in [-0.2, 0) is 11.2 Å². The molecule has 0 radical (unpaired) electrons. The van der Waals surface area contributed by atoms with E-state index in [1.165, 1.54) is 61.6 Å². The number of hydrogen-bond donors (Lipinski definition) is 0. The average Bonchev–Trinajstić information content (AvgIpc) is 2.75. The number of nitrogens with zero attached hydrogens (tertiary/aromatic N) is 1. The number of aromatic nitrogens is 1. The summed E-state index contributed by atoms with van der Waals surface area (Å²) in [7, 11) is 1.75. The molecule has 1 fully saturated rings. The summed E-state index contributed by atoms with van der Waals surface area (Å²) in [6.07, 6.45) is 16.7. The van der Waals surface area contributed by atoms with E-state index in [1.807, 2.05) is 0 Å². The molecule has 1 aromatic carbocycles. The fraction of sp³-hybridized carbons (Fsp3) is 0.500. The molecule has 2 heteroatoms. The molecular weight excluding hydrogens is 342 g/mol. The zero-order valence-corrected chi connectivity index (χ0v) is 17.6. The minimum absolute atomic E-state index is 0.704. The second kappa shape index (κ2) is 11.2. The van der Waals surface area contributed by atoms with Crippen molar-refractivity contribution in [3.05, 3.63) is 65.9 Å². The lowest BCUT2D eigenvalue weighted by Crippen LogP contribution is -2.11. The van der Waals surface area contributed by atoms with Gasteiger partial charge in [-0.25, -0.2) is 0 Å². The smallest absolute Gasteiger partial charge is 0.0702 e. The molecule has 0 unspecified atom stereocenters. The van der Waals surface area contributed by atoms with E-state index >= 15 is 0 Å². The number of hydrogen-bond acceptors (Lipinski definition) is 2. The van der Waals surface area contributed by atoms with Gasteiger partial charge < -0.3 is 4.74 Å². The van der Waals surface area contributed by atoms with Crippen LogP contribution in [0.2, 0.25) is 0 Å². The van der Waals surface area contributed by atoms with Gasteiger partial charge in [-0.05, 0) is 67.6 Å². The molecule has 1 aliphatic carbocycles. The lowest BCUT2D eigenvalue weighted by Gasteiger charge is -2.27. The average molecular weight is 378 g/mol. The van der Waals surface area contributed by atoms with Gasteiger partial charge in [0.25, 0.3) is 0 Å². The summed E-state index contributed by atoms with van der Waals surface area (Å²) in [4.78, 5) is 4.70. The van der Waals surface area contributed by atoms with Crippen LogP contribution in [0.5, 0.6) is 0 Å². The van der Waals surface area contributed by atoms with Crippen LogP contribution in [0.1, 0.15) is 68.9 Å². The Balaban J connectivity index is 1.54. The van der Waals surface area contributed by atoms with Crippen molar-refractivity contribution in [2.45, 2.75) is 64.2 Å². The van der Waals surface area contributed by atoms with Crippen molar-refractivity contribution in [3.63, 3.8) is 0 Å². The number of methoxy groups -OCH3 is 1. The van der Waals surface area contributed by atoms with Gasteiger partial charge in [0.05, 0.1) is 12.3 Å². The Morgan fingerprint density at radius 3 is 2.43 bits per heavy atom. The van der Waals surface area contributed by atoms with Crippen molar-refractivity contribution in [1.29, 1.82) is 0 Å². The summed E-state index contributed by atoms with van der Waals surface area (Å²) in [5.74, 6) is 1.43. The van der Waals surface area contributed by atoms with Crippen LogP contribution in [0.15, 0.2) is 54.7 Å². The lowest BCUT2D eigenvalue weighted by atomic mass is 9.78. The highest BCUT2D eigenvalue weighted by molar-refractivity contribution is 5.59. The Morgan fingerprint density at radius 1 is 1.00 bits per heavy atom. The van der Waals surface area contributed by atoms with Gasteiger partial charge >= 0.3 is 0 Å². The molecule has 0 saturated heterocycles. The molecule has 0 atom stereocenters. The molecule has 3 rings (SSSR count). The van der Waals surface area contributed by atoms with Crippen molar-refractivity contribution in [3.8, 4) is 11.3 Å². The van der Waals surface area contributed by atoms with E-state index in [0.29, 0.717) is 5.92 Å². The molecule has 1 aromatic heterocycles. The van der Waals surface area contributed by atoms with Crippen LogP contribution in [0.4, 0.5) is 0 Å². The van der Waals surface area contributed by atoms with Gasteiger partial charge in [-0.2, -0.15) is 0 Å². The third-order valence-corrected chi connectivity index (χ3v) is 6.01. The Hall–Kier alpha value is -1.93. The van der Waals surface area contributed by atoms with E-state index in [1.54, 1.807) is 7.11 Å². The number of allylic oxidation sites excluding steroid dienone is 1. The molecule has 0 N–H and O–H groups in total. The monoisotopic (exact) mass is 377 g/mol. The predicted molar refractivity (Wildman–Crippen MR) is 119 cm³/mol. The normalized spacial score (nSPS) is 19.9. The summed E-state index contributed by atoms with van der Waals surface area (Å²) in [6.45, 7) is 2.98.